The van der Waals surface area contributed by atoms with E-state index in [1.807, 2.05) is 4.72 Å². The van der Waals surface area contributed by atoms with E-state index in [0.29, 0.717) is 0 Å². The van der Waals surface area contributed by atoms with Gasteiger partial charge in [-0.15, -0.1) is 0 Å². The van der Waals surface area contributed by atoms with Crippen LogP contribution in [0.1, 0.15) is 10.4 Å². The summed E-state index contributed by atoms with van der Waals surface area (Å²) in [4.78, 5) is 11.1. The van der Waals surface area contributed by atoms with Crippen molar-refractivity contribution in [3.05, 3.63) is 29.8 Å². The topological polar surface area (TPSA) is 63.2 Å². The number of fused-ring (bicyclic) bond motifs is 1. The molecular weight excluding hydrogens is 224 g/mol. The van der Waals surface area contributed by atoms with E-state index in [9.17, 15) is 13.2 Å². The Bertz CT molecular complexity index is 458. The summed E-state index contributed by atoms with van der Waals surface area (Å²) in [6.45, 7) is 0. The van der Waals surface area contributed by atoms with Crippen LogP contribution >= 0.6 is 0 Å². The van der Waals surface area contributed by atoms with E-state index in [-0.39, 0.29) is 69.6 Å². The van der Waals surface area contributed by atoms with Gasteiger partial charge < -0.3 is 0 Å². The third-order valence-corrected chi connectivity index (χ3v) is 3.04. The van der Waals surface area contributed by atoms with Gasteiger partial charge in [-0.3, -0.25) is 4.79 Å². The molecule has 4 nitrogen and oxygen atoms in total. The summed E-state index contributed by atoms with van der Waals surface area (Å²) in [6.07, 6.45) is 0. The fourth-order valence-electron chi connectivity index (χ4n) is 1.12. The predicted octanol–water partition coefficient (Wildman–Crippen LogP) is -1.18. The van der Waals surface area contributed by atoms with E-state index in [4.69, 9.17) is 0 Å². The van der Waals surface area contributed by atoms with E-state index in [0.717, 1.165) is 0 Å². The molecule has 14 heavy (non-hydrogen) atoms. The van der Waals surface area contributed by atoms with E-state index in [1.54, 1.807) is 12.1 Å². The van der Waals surface area contributed by atoms with Crippen LogP contribution in [0.15, 0.2) is 29.2 Å². The fourth-order valence-corrected chi connectivity index (χ4v) is 2.29. The maximum absolute atomic E-state index is 11.1. The van der Waals surface area contributed by atoms with Gasteiger partial charge in [-0.2, -0.15) is 0 Å². The van der Waals surface area contributed by atoms with Gasteiger partial charge >= 0.3 is 59.1 Å². The molecule has 0 aromatic heterocycles. The molecule has 0 aliphatic carbocycles. The number of hydrogen-bond donors (Lipinski definition) is 1. The third kappa shape index (κ3) is 2.41. The second-order valence-corrected chi connectivity index (χ2v) is 4.08. The Labute approximate surface area is 126 Å². The molecule has 1 N–H and O–H groups in total. The van der Waals surface area contributed by atoms with Crippen LogP contribution in [0.3, 0.4) is 0 Å². The molecule has 7 heteroatoms. The first kappa shape index (κ1) is 14.6. The van der Waals surface area contributed by atoms with Gasteiger partial charge in [0.25, 0.3) is 15.9 Å². The van der Waals surface area contributed by atoms with Gasteiger partial charge in [0.1, 0.15) is 4.90 Å². The van der Waals surface area contributed by atoms with Crippen LogP contribution in [0.5, 0.6) is 0 Å². The van der Waals surface area contributed by atoms with E-state index < -0.39 is 15.9 Å². The second kappa shape index (κ2) is 5.12. The molecular formula is C7H7NNa2O3S. The Morgan fingerprint density at radius 3 is 2.21 bits per heavy atom. The molecule has 0 bridgehead atoms. The summed E-state index contributed by atoms with van der Waals surface area (Å²) < 4.78 is 24.2. The number of carbonyl (C=O) groups excluding carboxylic acids is 1. The van der Waals surface area contributed by atoms with Gasteiger partial charge in [-0.1, -0.05) is 12.1 Å². The molecule has 1 aromatic carbocycles. The van der Waals surface area contributed by atoms with Crippen molar-refractivity contribution in [3.8, 4) is 0 Å². The summed E-state index contributed by atoms with van der Waals surface area (Å²) in [7, 11) is -3.55. The quantitative estimate of drug-likeness (QED) is 0.572. The zero-order valence-corrected chi connectivity index (χ0v) is 6.76. The first-order chi connectivity index (χ1) is 5.61. The summed E-state index contributed by atoms with van der Waals surface area (Å²) in [5.74, 6) is -0.550. The molecule has 2 rings (SSSR count). The monoisotopic (exact) mass is 231 g/mol. The maximum atomic E-state index is 11.1. The number of sulfonamides is 1. The van der Waals surface area contributed by atoms with Crippen LogP contribution in [0.4, 0.5) is 0 Å². The van der Waals surface area contributed by atoms with Crippen molar-refractivity contribution < 1.29 is 13.2 Å². The average Bonchev–Trinajstić information content (AvgIpc) is 2.25. The molecule has 1 amide bonds. The zero-order valence-electron chi connectivity index (χ0n) is 5.94. The van der Waals surface area contributed by atoms with Gasteiger partial charge in [0.2, 0.25) is 0 Å². The van der Waals surface area contributed by atoms with Crippen molar-refractivity contribution in [1.29, 1.82) is 0 Å². The van der Waals surface area contributed by atoms with E-state index in [1.165, 1.54) is 12.1 Å². The first-order valence-corrected chi connectivity index (χ1v) is 4.76. The number of hydrogen-bond acceptors (Lipinski definition) is 3. The van der Waals surface area contributed by atoms with Crippen LogP contribution in [0.2, 0.25) is 0 Å². The number of carbonyl (C=O) groups is 1. The Morgan fingerprint density at radius 2 is 1.64 bits per heavy atom. The Balaban J connectivity index is 0.000000845. The van der Waals surface area contributed by atoms with Gasteiger partial charge in [0.05, 0.1) is 5.56 Å². The van der Waals surface area contributed by atoms with Crippen molar-refractivity contribution in [2.45, 2.75) is 4.90 Å². The van der Waals surface area contributed by atoms with Crippen molar-refractivity contribution >= 4 is 75.0 Å². The van der Waals surface area contributed by atoms with Gasteiger partial charge in [-0.25, -0.2) is 13.1 Å². The van der Waals surface area contributed by atoms with Crippen LogP contribution in [0, 0.1) is 0 Å². The summed E-state index contributed by atoms with van der Waals surface area (Å²) in [6, 6.07) is 6.09. The number of benzene rings is 1. The minimum atomic E-state index is -3.55. The molecule has 0 saturated heterocycles. The molecule has 0 spiro atoms. The number of rotatable bonds is 0. The molecule has 1 aliphatic heterocycles. The van der Waals surface area contributed by atoms with Gasteiger partial charge in [0, 0.05) is 0 Å². The second-order valence-electron chi connectivity index (χ2n) is 2.43. The molecule has 0 atom stereocenters. The minimum absolute atomic E-state index is 0. The predicted molar refractivity (Wildman–Crippen MR) is 55.4 cm³/mol. The third-order valence-electron chi connectivity index (χ3n) is 1.65. The zero-order chi connectivity index (χ0) is 8.77. The normalized spacial score (nSPS) is 15.9. The molecule has 0 unspecified atom stereocenters. The van der Waals surface area contributed by atoms with Crippen LogP contribution in [0.25, 0.3) is 0 Å². The van der Waals surface area contributed by atoms with Crippen molar-refractivity contribution in [2.75, 3.05) is 0 Å². The van der Waals surface area contributed by atoms with Crippen LogP contribution in [-0.4, -0.2) is 73.4 Å². The van der Waals surface area contributed by atoms with Gasteiger partial charge in [0.15, 0.2) is 0 Å². The molecule has 1 aromatic rings. The number of nitrogens with one attached hydrogen (secondary N) is 1. The summed E-state index contributed by atoms with van der Waals surface area (Å²) in [5.41, 5.74) is 0.220. The Kier molecular flexibility index (Phi) is 5.35. The summed E-state index contributed by atoms with van der Waals surface area (Å²) in [5, 5.41) is 0. The SMILES string of the molecule is O=C1NS(=O)(=O)c2ccccc21.[NaH].[NaH]. The molecule has 66 valence electrons. The van der Waals surface area contributed by atoms with Crippen LogP contribution in [-0.2, 0) is 10.0 Å². The molecule has 1 heterocycles. The Hall–Kier alpha value is 0.640. The number of amides is 1. The average molecular weight is 231 g/mol. The van der Waals surface area contributed by atoms with Crippen molar-refractivity contribution in [1.82, 2.24) is 4.72 Å². The van der Waals surface area contributed by atoms with Crippen molar-refractivity contribution in [2.24, 2.45) is 0 Å². The Morgan fingerprint density at radius 1 is 1.07 bits per heavy atom. The van der Waals surface area contributed by atoms with Gasteiger partial charge in [-0.05, 0) is 12.1 Å². The first-order valence-electron chi connectivity index (χ1n) is 3.27. The summed E-state index contributed by atoms with van der Waals surface area (Å²) >= 11 is 0. The fraction of sp³-hybridized carbons (Fsp3) is 0. The molecule has 0 saturated carbocycles. The molecule has 0 radical (unpaired) electrons. The molecule has 1 aliphatic rings. The standard InChI is InChI=1S/C7H5NO3S.2Na.2H/c9-7-5-3-1-2-4-6(5)12(10,11)8-7;;;;/h1-4H,(H,8,9);;;;. The van der Waals surface area contributed by atoms with Crippen LogP contribution < -0.4 is 4.72 Å². The molecule has 0 fully saturated rings. The van der Waals surface area contributed by atoms with E-state index in [2.05, 4.69) is 0 Å². The van der Waals surface area contributed by atoms with E-state index >= 15 is 0 Å². The van der Waals surface area contributed by atoms with Crippen molar-refractivity contribution in [3.63, 3.8) is 0 Å².